The van der Waals surface area contributed by atoms with E-state index in [2.05, 4.69) is 32.2 Å². The fraction of sp³-hybridized carbons (Fsp3) is 0.846. The second-order valence-corrected chi connectivity index (χ2v) is 5.31. The Bertz CT molecular complexity index is 217. The van der Waals surface area contributed by atoms with Crippen molar-refractivity contribution < 1.29 is 0 Å². The summed E-state index contributed by atoms with van der Waals surface area (Å²) < 4.78 is 0. The summed E-state index contributed by atoms with van der Waals surface area (Å²) in [5, 5.41) is 3.62. The molecule has 1 nitrogen and oxygen atoms in total. The van der Waals surface area contributed by atoms with Crippen molar-refractivity contribution >= 4 is 0 Å². The first-order chi connectivity index (χ1) is 6.70. The van der Waals surface area contributed by atoms with Crippen LogP contribution in [0.4, 0.5) is 0 Å². The van der Waals surface area contributed by atoms with E-state index in [0.717, 1.165) is 24.3 Å². The average molecular weight is 193 g/mol. The minimum Gasteiger partial charge on any atom is -0.311 e. The highest BCUT2D eigenvalue weighted by molar-refractivity contribution is 5.08. The molecule has 80 valence electrons. The summed E-state index contributed by atoms with van der Waals surface area (Å²) in [7, 11) is 0. The molecule has 0 amide bonds. The van der Waals surface area contributed by atoms with E-state index in [4.69, 9.17) is 0 Å². The molecule has 1 heteroatoms. The molecule has 3 unspecified atom stereocenters. The summed E-state index contributed by atoms with van der Waals surface area (Å²) in [6.45, 7) is 7.72. The maximum absolute atomic E-state index is 3.62. The largest absolute Gasteiger partial charge is 0.311 e. The Kier molecular flexibility index (Phi) is 2.96. The predicted octanol–water partition coefficient (Wildman–Crippen LogP) is 2.98. The fourth-order valence-corrected chi connectivity index (χ4v) is 3.01. The first kappa shape index (κ1) is 10.2. The Balaban J connectivity index is 1.92. The number of nitrogens with one attached hydrogen (secondary N) is 1. The zero-order valence-electron chi connectivity index (χ0n) is 9.72. The number of fused-ring (bicyclic) bond motifs is 1. The van der Waals surface area contributed by atoms with Gasteiger partial charge in [0.15, 0.2) is 0 Å². The van der Waals surface area contributed by atoms with Crippen molar-refractivity contribution in [3.63, 3.8) is 0 Å². The van der Waals surface area contributed by atoms with Crippen molar-refractivity contribution in [3.8, 4) is 0 Å². The average Bonchev–Trinajstić information content (AvgIpc) is 2.72. The summed E-state index contributed by atoms with van der Waals surface area (Å²) in [6, 6.07) is 0.651. The Morgan fingerprint density at radius 2 is 1.93 bits per heavy atom. The molecule has 2 aliphatic carbocycles. The molecule has 2 aliphatic rings. The van der Waals surface area contributed by atoms with Crippen LogP contribution in [0.2, 0.25) is 0 Å². The van der Waals surface area contributed by atoms with E-state index in [9.17, 15) is 0 Å². The third-order valence-corrected chi connectivity index (χ3v) is 3.74. The lowest BCUT2D eigenvalue weighted by Gasteiger charge is -2.23. The summed E-state index contributed by atoms with van der Waals surface area (Å²) >= 11 is 0. The van der Waals surface area contributed by atoms with Crippen LogP contribution in [0, 0.1) is 17.8 Å². The van der Waals surface area contributed by atoms with Gasteiger partial charge in [0, 0.05) is 6.04 Å². The van der Waals surface area contributed by atoms with E-state index < -0.39 is 0 Å². The standard InChI is InChI=1S/C13H23N/c1-4-14-13(5-9(2)3)12-7-10-6-11(10)8-12/h5,10-14H,4,6-8H2,1-3H3. The highest BCUT2D eigenvalue weighted by Gasteiger charge is 2.47. The summed E-state index contributed by atoms with van der Waals surface area (Å²) in [6.07, 6.45) is 6.92. The molecule has 2 saturated carbocycles. The lowest BCUT2D eigenvalue weighted by atomic mass is 9.93. The molecule has 0 saturated heterocycles. The van der Waals surface area contributed by atoms with Gasteiger partial charge in [-0.1, -0.05) is 18.6 Å². The minimum atomic E-state index is 0.651. The van der Waals surface area contributed by atoms with Gasteiger partial charge in [-0.2, -0.15) is 0 Å². The summed E-state index contributed by atoms with van der Waals surface area (Å²) in [5.41, 5.74) is 1.46. The number of hydrogen-bond donors (Lipinski definition) is 1. The topological polar surface area (TPSA) is 12.0 Å². The molecule has 0 aliphatic heterocycles. The highest BCUT2D eigenvalue weighted by atomic mass is 14.9. The van der Waals surface area contributed by atoms with Crippen molar-refractivity contribution in [2.45, 2.75) is 46.1 Å². The molecule has 0 aromatic heterocycles. The van der Waals surface area contributed by atoms with E-state index in [0.29, 0.717) is 6.04 Å². The van der Waals surface area contributed by atoms with Crippen molar-refractivity contribution in [2.75, 3.05) is 6.54 Å². The maximum atomic E-state index is 3.62. The maximum Gasteiger partial charge on any atom is 0.0280 e. The Hall–Kier alpha value is -0.300. The highest BCUT2D eigenvalue weighted by Crippen LogP contribution is 2.55. The molecule has 0 radical (unpaired) electrons. The summed E-state index contributed by atoms with van der Waals surface area (Å²) in [4.78, 5) is 0. The molecular weight excluding hydrogens is 170 g/mol. The third kappa shape index (κ3) is 2.20. The van der Waals surface area contributed by atoms with Gasteiger partial charge in [-0.05, 0) is 57.4 Å². The van der Waals surface area contributed by atoms with Gasteiger partial charge in [0.2, 0.25) is 0 Å². The fourth-order valence-electron chi connectivity index (χ4n) is 3.01. The number of likely N-dealkylation sites (N-methyl/N-ethyl adjacent to an activating group) is 1. The van der Waals surface area contributed by atoms with Gasteiger partial charge in [-0.25, -0.2) is 0 Å². The molecule has 0 aromatic carbocycles. The third-order valence-electron chi connectivity index (χ3n) is 3.74. The molecule has 0 heterocycles. The second-order valence-electron chi connectivity index (χ2n) is 5.31. The Labute approximate surface area is 88.0 Å². The van der Waals surface area contributed by atoms with Crippen molar-refractivity contribution in [3.05, 3.63) is 11.6 Å². The molecule has 1 N–H and O–H groups in total. The number of allylic oxidation sites excluding steroid dienone is 1. The zero-order valence-corrected chi connectivity index (χ0v) is 9.72. The lowest BCUT2D eigenvalue weighted by Crippen LogP contribution is -2.34. The summed E-state index contributed by atoms with van der Waals surface area (Å²) in [5.74, 6) is 3.13. The van der Waals surface area contributed by atoms with Crippen LogP contribution in [0.5, 0.6) is 0 Å². The van der Waals surface area contributed by atoms with Gasteiger partial charge in [-0.3, -0.25) is 0 Å². The Morgan fingerprint density at radius 3 is 2.43 bits per heavy atom. The van der Waals surface area contributed by atoms with Crippen LogP contribution >= 0.6 is 0 Å². The van der Waals surface area contributed by atoms with Crippen molar-refractivity contribution in [1.29, 1.82) is 0 Å². The molecule has 0 bridgehead atoms. The first-order valence-corrected chi connectivity index (χ1v) is 6.09. The number of hydrogen-bond acceptors (Lipinski definition) is 1. The minimum absolute atomic E-state index is 0.651. The molecule has 14 heavy (non-hydrogen) atoms. The smallest absolute Gasteiger partial charge is 0.0280 e. The molecule has 2 fully saturated rings. The molecule has 0 aromatic rings. The van der Waals surface area contributed by atoms with Gasteiger partial charge in [-0.15, -0.1) is 0 Å². The van der Waals surface area contributed by atoms with Gasteiger partial charge in [0.05, 0.1) is 0 Å². The first-order valence-electron chi connectivity index (χ1n) is 6.09. The van der Waals surface area contributed by atoms with Gasteiger partial charge in [0.25, 0.3) is 0 Å². The van der Waals surface area contributed by atoms with Crippen molar-refractivity contribution in [2.24, 2.45) is 17.8 Å². The SMILES string of the molecule is CCNC(C=C(C)C)C1CC2CC2C1. The van der Waals surface area contributed by atoms with Crippen LogP contribution in [0.1, 0.15) is 40.0 Å². The normalized spacial score (nSPS) is 36.4. The van der Waals surface area contributed by atoms with Crippen LogP contribution < -0.4 is 5.32 Å². The molecule has 3 atom stereocenters. The van der Waals surface area contributed by atoms with Gasteiger partial charge in [0.1, 0.15) is 0 Å². The van der Waals surface area contributed by atoms with E-state index >= 15 is 0 Å². The second kappa shape index (κ2) is 4.06. The molecule has 0 spiro atoms. The van der Waals surface area contributed by atoms with Crippen LogP contribution in [-0.2, 0) is 0 Å². The van der Waals surface area contributed by atoms with E-state index in [1.165, 1.54) is 24.8 Å². The van der Waals surface area contributed by atoms with Gasteiger partial charge < -0.3 is 5.32 Å². The van der Waals surface area contributed by atoms with Crippen LogP contribution in [0.3, 0.4) is 0 Å². The molecule has 2 rings (SSSR count). The van der Waals surface area contributed by atoms with E-state index in [-0.39, 0.29) is 0 Å². The van der Waals surface area contributed by atoms with Gasteiger partial charge >= 0.3 is 0 Å². The van der Waals surface area contributed by atoms with Crippen LogP contribution in [0.15, 0.2) is 11.6 Å². The van der Waals surface area contributed by atoms with E-state index in [1.807, 2.05) is 0 Å². The van der Waals surface area contributed by atoms with E-state index in [1.54, 1.807) is 0 Å². The van der Waals surface area contributed by atoms with Crippen LogP contribution in [-0.4, -0.2) is 12.6 Å². The Morgan fingerprint density at radius 1 is 1.29 bits per heavy atom. The molecular formula is C13H23N. The monoisotopic (exact) mass is 193 g/mol. The zero-order chi connectivity index (χ0) is 10.1. The number of rotatable bonds is 4. The lowest BCUT2D eigenvalue weighted by molar-refractivity contribution is 0.387. The van der Waals surface area contributed by atoms with Crippen molar-refractivity contribution in [1.82, 2.24) is 5.32 Å². The predicted molar refractivity (Wildman–Crippen MR) is 61.2 cm³/mol. The quantitative estimate of drug-likeness (QED) is 0.677. The van der Waals surface area contributed by atoms with Crippen LogP contribution in [0.25, 0.3) is 0 Å².